The molecular formula is C16H27N3O2. The van der Waals surface area contributed by atoms with E-state index < -0.39 is 5.60 Å². The highest BCUT2D eigenvalue weighted by molar-refractivity contribution is 5.68. The largest absolute Gasteiger partial charge is 0.444 e. The molecule has 1 aromatic heterocycles. The first-order chi connectivity index (χ1) is 9.90. The summed E-state index contributed by atoms with van der Waals surface area (Å²) in [5.41, 5.74) is 0.601. The number of hydrogen-bond acceptors (Lipinski definition) is 3. The van der Waals surface area contributed by atoms with Gasteiger partial charge in [0.15, 0.2) is 0 Å². The maximum absolute atomic E-state index is 12.0. The zero-order valence-electron chi connectivity index (χ0n) is 13.6. The van der Waals surface area contributed by atoms with Crippen LogP contribution in [0.4, 0.5) is 4.79 Å². The van der Waals surface area contributed by atoms with Gasteiger partial charge in [-0.1, -0.05) is 19.8 Å². The number of amides is 1. The van der Waals surface area contributed by atoms with E-state index >= 15 is 0 Å². The summed E-state index contributed by atoms with van der Waals surface area (Å²) >= 11 is 0. The predicted octanol–water partition coefficient (Wildman–Crippen LogP) is 3.97. The van der Waals surface area contributed by atoms with E-state index in [1.165, 1.54) is 25.7 Å². The second-order valence-electron chi connectivity index (χ2n) is 6.77. The number of ether oxygens (including phenoxy) is 1. The predicted molar refractivity (Wildman–Crippen MR) is 82.1 cm³/mol. The fourth-order valence-electron chi connectivity index (χ4n) is 2.91. The van der Waals surface area contributed by atoms with E-state index in [1.54, 1.807) is 0 Å². The van der Waals surface area contributed by atoms with Crippen LogP contribution in [0.3, 0.4) is 0 Å². The Labute approximate surface area is 127 Å². The van der Waals surface area contributed by atoms with Crippen LogP contribution in [0.1, 0.15) is 77.6 Å². The molecular weight excluding hydrogens is 266 g/mol. The molecule has 0 unspecified atom stereocenters. The molecule has 1 aliphatic rings. The summed E-state index contributed by atoms with van der Waals surface area (Å²) in [4.78, 5) is 16.3. The van der Waals surface area contributed by atoms with Crippen LogP contribution in [0.25, 0.3) is 0 Å². The van der Waals surface area contributed by atoms with Crippen LogP contribution in [-0.2, 0) is 4.74 Å². The fraction of sp³-hybridized carbons (Fsp3) is 0.750. The SMILES string of the molecule is CC[C@@H](NC(=O)OC(C)(C)C)c1cncn1C1CCCC1. The second-order valence-corrected chi connectivity index (χ2v) is 6.77. The monoisotopic (exact) mass is 293 g/mol. The van der Waals surface area contributed by atoms with Crippen LogP contribution in [0.15, 0.2) is 12.5 Å². The van der Waals surface area contributed by atoms with Gasteiger partial charge in [-0.15, -0.1) is 0 Å². The quantitative estimate of drug-likeness (QED) is 0.913. The number of nitrogens with one attached hydrogen (secondary N) is 1. The Morgan fingerprint density at radius 3 is 2.71 bits per heavy atom. The van der Waals surface area contributed by atoms with Gasteiger partial charge >= 0.3 is 6.09 Å². The van der Waals surface area contributed by atoms with Crippen molar-refractivity contribution in [1.82, 2.24) is 14.9 Å². The third-order valence-corrected chi connectivity index (χ3v) is 3.87. The van der Waals surface area contributed by atoms with Crippen LogP contribution in [0.5, 0.6) is 0 Å². The van der Waals surface area contributed by atoms with Crippen molar-refractivity contribution in [1.29, 1.82) is 0 Å². The molecule has 0 aromatic carbocycles. The number of alkyl carbamates (subject to hydrolysis) is 1. The second kappa shape index (κ2) is 6.50. The lowest BCUT2D eigenvalue weighted by Crippen LogP contribution is -2.35. The lowest BCUT2D eigenvalue weighted by atomic mass is 10.1. The van der Waals surface area contributed by atoms with E-state index in [1.807, 2.05) is 33.3 Å². The van der Waals surface area contributed by atoms with E-state index in [9.17, 15) is 4.79 Å². The molecule has 0 saturated heterocycles. The number of imidazole rings is 1. The molecule has 1 aliphatic carbocycles. The van der Waals surface area contributed by atoms with E-state index in [-0.39, 0.29) is 12.1 Å². The van der Waals surface area contributed by atoms with Crippen molar-refractivity contribution in [3.05, 3.63) is 18.2 Å². The summed E-state index contributed by atoms with van der Waals surface area (Å²) in [5, 5.41) is 2.97. The number of aromatic nitrogens is 2. The smallest absolute Gasteiger partial charge is 0.408 e. The molecule has 1 N–H and O–H groups in total. The fourth-order valence-corrected chi connectivity index (χ4v) is 2.91. The Kier molecular flexibility index (Phi) is 4.91. The van der Waals surface area contributed by atoms with Crippen molar-refractivity contribution in [2.24, 2.45) is 0 Å². The molecule has 1 amide bonds. The Balaban J connectivity index is 2.07. The molecule has 1 aromatic rings. The highest BCUT2D eigenvalue weighted by Gasteiger charge is 2.25. The minimum atomic E-state index is -0.478. The van der Waals surface area contributed by atoms with Crippen LogP contribution < -0.4 is 5.32 Å². The van der Waals surface area contributed by atoms with E-state index in [4.69, 9.17) is 4.74 Å². The van der Waals surface area contributed by atoms with Crippen molar-refractivity contribution in [3.63, 3.8) is 0 Å². The summed E-state index contributed by atoms with van der Waals surface area (Å²) in [7, 11) is 0. The van der Waals surface area contributed by atoms with Gasteiger partial charge in [0.1, 0.15) is 5.60 Å². The van der Waals surface area contributed by atoms with E-state index in [0.717, 1.165) is 12.1 Å². The maximum Gasteiger partial charge on any atom is 0.408 e. The minimum Gasteiger partial charge on any atom is -0.444 e. The summed E-state index contributed by atoms with van der Waals surface area (Å²) < 4.78 is 7.59. The van der Waals surface area contributed by atoms with Gasteiger partial charge in [0.2, 0.25) is 0 Å². The molecule has 0 radical (unpaired) electrons. The lowest BCUT2D eigenvalue weighted by Gasteiger charge is -2.25. The third-order valence-electron chi connectivity index (χ3n) is 3.87. The molecule has 0 bridgehead atoms. The molecule has 118 valence electrons. The van der Waals surface area contributed by atoms with Gasteiger partial charge in [-0.05, 0) is 40.0 Å². The number of carbonyl (C=O) groups excluding carboxylic acids is 1. The van der Waals surface area contributed by atoms with Gasteiger partial charge in [0.05, 0.1) is 24.3 Å². The van der Waals surface area contributed by atoms with Gasteiger partial charge in [0.25, 0.3) is 0 Å². The molecule has 0 spiro atoms. The highest BCUT2D eigenvalue weighted by atomic mass is 16.6. The Morgan fingerprint density at radius 1 is 1.48 bits per heavy atom. The van der Waals surface area contributed by atoms with Crippen molar-refractivity contribution in [2.75, 3.05) is 0 Å². The summed E-state index contributed by atoms with van der Waals surface area (Å²) in [6.45, 7) is 7.68. The molecule has 1 heterocycles. The summed E-state index contributed by atoms with van der Waals surface area (Å²) in [6, 6.07) is 0.472. The third kappa shape index (κ3) is 4.22. The van der Waals surface area contributed by atoms with Crippen molar-refractivity contribution < 1.29 is 9.53 Å². The standard InChI is InChI=1S/C16H27N3O2/c1-5-13(18-15(20)21-16(2,3)4)14-10-17-11-19(14)12-8-6-7-9-12/h10-13H,5-9H2,1-4H3,(H,18,20)/t13-/m1/s1. The van der Waals surface area contributed by atoms with Crippen LogP contribution in [0, 0.1) is 0 Å². The number of rotatable bonds is 4. The van der Waals surface area contributed by atoms with Gasteiger partial charge in [-0.25, -0.2) is 9.78 Å². The number of hydrogen-bond donors (Lipinski definition) is 1. The molecule has 2 rings (SSSR count). The first-order valence-electron chi connectivity index (χ1n) is 7.92. The van der Waals surface area contributed by atoms with Gasteiger partial charge in [0, 0.05) is 6.04 Å². The van der Waals surface area contributed by atoms with Gasteiger partial charge in [-0.3, -0.25) is 0 Å². The minimum absolute atomic E-state index is 0.0528. The topological polar surface area (TPSA) is 56.1 Å². The van der Waals surface area contributed by atoms with Crippen LogP contribution in [-0.4, -0.2) is 21.2 Å². The molecule has 1 fully saturated rings. The molecule has 1 saturated carbocycles. The molecule has 0 aliphatic heterocycles. The average Bonchev–Trinajstić information content (AvgIpc) is 3.03. The molecule has 5 heteroatoms. The normalized spacial score (nSPS) is 17.7. The number of nitrogens with zero attached hydrogens (tertiary/aromatic N) is 2. The first-order valence-corrected chi connectivity index (χ1v) is 7.92. The average molecular weight is 293 g/mol. The lowest BCUT2D eigenvalue weighted by molar-refractivity contribution is 0.0499. The Morgan fingerprint density at radius 2 is 2.14 bits per heavy atom. The zero-order chi connectivity index (χ0) is 15.5. The molecule has 21 heavy (non-hydrogen) atoms. The van der Waals surface area contributed by atoms with Gasteiger partial charge < -0.3 is 14.6 Å². The van der Waals surface area contributed by atoms with Crippen LogP contribution in [0.2, 0.25) is 0 Å². The van der Waals surface area contributed by atoms with Crippen LogP contribution >= 0.6 is 0 Å². The van der Waals surface area contributed by atoms with Crippen molar-refractivity contribution in [2.45, 2.75) is 77.5 Å². The summed E-state index contributed by atoms with van der Waals surface area (Å²) in [6.07, 6.45) is 9.16. The Hall–Kier alpha value is -1.52. The van der Waals surface area contributed by atoms with E-state index in [0.29, 0.717) is 6.04 Å². The Bertz CT molecular complexity index is 470. The van der Waals surface area contributed by atoms with Gasteiger partial charge in [-0.2, -0.15) is 0 Å². The van der Waals surface area contributed by atoms with Crippen molar-refractivity contribution >= 4 is 6.09 Å². The zero-order valence-corrected chi connectivity index (χ0v) is 13.6. The molecule has 1 atom stereocenters. The molecule has 5 nitrogen and oxygen atoms in total. The van der Waals surface area contributed by atoms with E-state index in [2.05, 4.69) is 21.8 Å². The first kappa shape index (κ1) is 15.9. The van der Waals surface area contributed by atoms with Crippen molar-refractivity contribution in [3.8, 4) is 0 Å². The summed E-state index contributed by atoms with van der Waals surface area (Å²) in [5.74, 6) is 0. The highest BCUT2D eigenvalue weighted by Crippen LogP contribution is 2.32. The number of carbonyl (C=O) groups is 1. The maximum atomic E-state index is 12.0.